The lowest BCUT2D eigenvalue weighted by Crippen LogP contribution is -2.07. The predicted molar refractivity (Wildman–Crippen MR) is 143 cm³/mol. The van der Waals surface area contributed by atoms with E-state index in [1.807, 2.05) is 30.5 Å². The molecule has 1 N–H and O–H groups in total. The van der Waals surface area contributed by atoms with Gasteiger partial charge in [0.2, 0.25) is 0 Å². The van der Waals surface area contributed by atoms with E-state index in [1.54, 1.807) is 18.3 Å². The number of rotatable bonds is 6. The molecule has 3 aromatic carbocycles. The Morgan fingerprint density at radius 3 is 2.66 bits per heavy atom. The molecule has 5 nitrogen and oxygen atoms in total. The minimum atomic E-state index is -0.849. The van der Waals surface area contributed by atoms with Gasteiger partial charge in [-0.05, 0) is 78.3 Å². The summed E-state index contributed by atoms with van der Waals surface area (Å²) in [6.45, 7) is 4.54. The van der Waals surface area contributed by atoms with Gasteiger partial charge in [0.15, 0.2) is 0 Å². The molecule has 1 aromatic heterocycles. The van der Waals surface area contributed by atoms with Gasteiger partial charge in [0.1, 0.15) is 23.4 Å². The Morgan fingerprint density at radius 1 is 1.11 bits per heavy atom. The second-order valence-corrected chi connectivity index (χ2v) is 10.2. The number of ether oxygens (including phenoxy) is 2. The van der Waals surface area contributed by atoms with E-state index >= 15 is 4.39 Å². The van der Waals surface area contributed by atoms with Crippen molar-refractivity contribution < 1.29 is 23.8 Å². The van der Waals surface area contributed by atoms with Crippen LogP contribution in [0.15, 0.2) is 67.0 Å². The summed E-state index contributed by atoms with van der Waals surface area (Å²) < 4.78 is 27.3. The maximum atomic E-state index is 15.3. The van der Waals surface area contributed by atoms with Gasteiger partial charge >= 0.3 is 5.97 Å². The number of aliphatic carboxylic acids is 1. The van der Waals surface area contributed by atoms with E-state index in [0.29, 0.717) is 30.1 Å². The van der Waals surface area contributed by atoms with Crippen LogP contribution < -0.4 is 9.47 Å². The summed E-state index contributed by atoms with van der Waals surface area (Å²) in [5.41, 5.74) is 9.11. The number of carboxylic acids is 1. The third-order valence-electron chi connectivity index (χ3n) is 7.64. The molecule has 0 spiro atoms. The summed E-state index contributed by atoms with van der Waals surface area (Å²) in [5, 5.41) is 9.15. The molecule has 0 unspecified atom stereocenters. The van der Waals surface area contributed by atoms with E-state index in [2.05, 4.69) is 37.0 Å². The molecule has 0 radical (unpaired) electrons. The van der Waals surface area contributed by atoms with Crippen LogP contribution in [-0.2, 0) is 11.2 Å². The van der Waals surface area contributed by atoms with Crippen LogP contribution in [0, 0.1) is 19.7 Å². The van der Waals surface area contributed by atoms with Gasteiger partial charge in [-0.1, -0.05) is 30.3 Å². The fraction of sp³-hybridized carbons (Fsp3) is 0.250. The molecule has 1 aliphatic carbocycles. The average Bonchev–Trinajstić information content (AvgIpc) is 3.50. The summed E-state index contributed by atoms with van der Waals surface area (Å²) in [4.78, 5) is 15.4. The highest BCUT2D eigenvalue weighted by atomic mass is 19.1. The van der Waals surface area contributed by atoms with Gasteiger partial charge in [-0.15, -0.1) is 0 Å². The molecule has 0 amide bonds. The number of aromatic nitrogens is 1. The van der Waals surface area contributed by atoms with Crippen LogP contribution in [0.3, 0.4) is 0 Å². The molecular weight excluding hydrogens is 481 g/mol. The minimum absolute atomic E-state index is 0.0270. The smallest absolute Gasteiger partial charge is 0.304 e. The first kappa shape index (κ1) is 24.2. The van der Waals surface area contributed by atoms with E-state index in [-0.39, 0.29) is 18.2 Å². The number of halogens is 1. The van der Waals surface area contributed by atoms with Crippen molar-refractivity contribution in [3.05, 3.63) is 101 Å². The zero-order valence-corrected chi connectivity index (χ0v) is 21.3. The van der Waals surface area contributed by atoms with Crippen molar-refractivity contribution in [1.82, 2.24) is 4.98 Å². The van der Waals surface area contributed by atoms with Gasteiger partial charge in [-0.3, -0.25) is 9.78 Å². The Bertz CT molecular complexity index is 1530. The Hall–Kier alpha value is -4.19. The quantitative estimate of drug-likeness (QED) is 0.298. The number of pyridine rings is 1. The van der Waals surface area contributed by atoms with Crippen molar-refractivity contribution in [2.24, 2.45) is 0 Å². The summed E-state index contributed by atoms with van der Waals surface area (Å²) in [6, 6.07) is 17.2. The second-order valence-electron chi connectivity index (χ2n) is 10.2. The van der Waals surface area contributed by atoms with Crippen LogP contribution in [0.4, 0.5) is 4.39 Å². The number of fused-ring (bicyclic) bond motifs is 2. The Balaban J connectivity index is 1.31. The summed E-state index contributed by atoms with van der Waals surface area (Å²) in [7, 11) is 0. The zero-order valence-electron chi connectivity index (χ0n) is 21.3. The number of hydrogen-bond acceptors (Lipinski definition) is 4. The molecule has 4 aromatic rings. The first-order chi connectivity index (χ1) is 18.4. The molecular formula is C32H28FNO4. The molecule has 0 saturated carbocycles. The van der Waals surface area contributed by atoms with Crippen LogP contribution in [0.25, 0.3) is 22.3 Å². The molecule has 0 fully saturated rings. The topological polar surface area (TPSA) is 68.7 Å². The van der Waals surface area contributed by atoms with Crippen LogP contribution in [-0.4, -0.2) is 22.7 Å². The normalized spacial score (nSPS) is 17.6. The van der Waals surface area contributed by atoms with Crippen molar-refractivity contribution in [3.8, 4) is 33.8 Å². The molecule has 6 rings (SSSR count). The van der Waals surface area contributed by atoms with Crippen LogP contribution in [0.1, 0.15) is 52.7 Å². The van der Waals surface area contributed by atoms with Gasteiger partial charge in [0.25, 0.3) is 0 Å². The third-order valence-corrected chi connectivity index (χ3v) is 7.64. The molecule has 2 atom stereocenters. The lowest BCUT2D eigenvalue weighted by Gasteiger charge is -2.19. The zero-order chi connectivity index (χ0) is 26.4. The number of nitrogens with zero attached hydrogens (tertiary/aromatic N) is 1. The first-order valence-corrected chi connectivity index (χ1v) is 12.9. The maximum Gasteiger partial charge on any atom is 0.304 e. The van der Waals surface area contributed by atoms with E-state index in [4.69, 9.17) is 14.6 Å². The van der Waals surface area contributed by atoms with Gasteiger partial charge in [-0.25, -0.2) is 4.39 Å². The van der Waals surface area contributed by atoms with E-state index in [0.717, 1.165) is 50.9 Å². The van der Waals surface area contributed by atoms with Crippen LogP contribution in [0.2, 0.25) is 0 Å². The van der Waals surface area contributed by atoms with Crippen LogP contribution >= 0.6 is 0 Å². The fourth-order valence-electron chi connectivity index (χ4n) is 5.99. The van der Waals surface area contributed by atoms with Crippen molar-refractivity contribution in [2.45, 2.75) is 45.1 Å². The second kappa shape index (κ2) is 9.60. The lowest BCUT2D eigenvalue weighted by molar-refractivity contribution is -0.137. The average molecular weight is 510 g/mol. The van der Waals surface area contributed by atoms with Gasteiger partial charge in [0, 0.05) is 41.1 Å². The summed E-state index contributed by atoms with van der Waals surface area (Å²) >= 11 is 0. The molecule has 6 heteroatoms. The summed E-state index contributed by atoms with van der Waals surface area (Å²) in [6.07, 6.45) is 4.65. The largest absolute Gasteiger partial charge is 0.492 e. The molecule has 2 heterocycles. The number of hydrogen-bond donors (Lipinski definition) is 1. The molecule has 0 saturated heterocycles. The van der Waals surface area contributed by atoms with Gasteiger partial charge in [0.05, 0.1) is 13.0 Å². The highest BCUT2D eigenvalue weighted by molar-refractivity contribution is 5.79. The van der Waals surface area contributed by atoms with E-state index in [9.17, 15) is 4.79 Å². The third kappa shape index (κ3) is 4.30. The monoisotopic (exact) mass is 509 g/mol. The number of aryl methyl sites for hydroxylation is 2. The Kier molecular flexibility index (Phi) is 6.10. The maximum absolute atomic E-state index is 15.3. The lowest BCUT2D eigenvalue weighted by atomic mass is 9.88. The fourth-order valence-corrected chi connectivity index (χ4v) is 5.99. The highest BCUT2D eigenvalue weighted by Crippen LogP contribution is 2.45. The molecule has 1 aliphatic heterocycles. The van der Waals surface area contributed by atoms with Crippen LogP contribution in [0.5, 0.6) is 11.5 Å². The van der Waals surface area contributed by atoms with Crippen molar-refractivity contribution in [2.75, 3.05) is 6.61 Å². The predicted octanol–water partition coefficient (Wildman–Crippen LogP) is 7.19. The Morgan fingerprint density at radius 2 is 1.92 bits per heavy atom. The standard InChI is InChI=1S/C32H28FNO4/c1-18-12-21(20-4-3-11-34-16-20)13-19(2)31(18)25-7-9-27(33)32-26(25)8-10-28(32)38-23-5-6-24-22(14-30(35)36)17-37-29(24)15-23/h3-7,9,11-13,15-16,22,28H,8,10,14,17H2,1-2H3,(H,35,36)/t22-,28-/m1/s1. The van der Waals surface area contributed by atoms with E-state index < -0.39 is 12.1 Å². The van der Waals surface area contributed by atoms with Gasteiger partial charge < -0.3 is 14.6 Å². The molecule has 2 aliphatic rings. The first-order valence-electron chi connectivity index (χ1n) is 12.9. The SMILES string of the molecule is Cc1cc(-c2cccnc2)cc(C)c1-c1ccc(F)c2c1CC[C@H]2Oc1ccc2c(c1)OC[C@H]2CC(=O)O. The van der Waals surface area contributed by atoms with E-state index in [1.165, 1.54) is 0 Å². The molecule has 0 bridgehead atoms. The Labute approximate surface area is 220 Å². The molecule has 192 valence electrons. The highest BCUT2D eigenvalue weighted by Gasteiger charge is 2.32. The summed E-state index contributed by atoms with van der Waals surface area (Å²) in [5.74, 6) is -0.0400. The number of benzene rings is 3. The number of carbonyl (C=O) groups is 1. The van der Waals surface area contributed by atoms with Crippen molar-refractivity contribution in [1.29, 1.82) is 0 Å². The minimum Gasteiger partial charge on any atom is -0.492 e. The van der Waals surface area contributed by atoms with Crippen molar-refractivity contribution in [3.63, 3.8) is 0 Å². The number of carboxylic acid groups (broad SMARTS) is 1. The molecule has 38 heavy (non-hydrogen) atoms. The van der Waals surface area contributed by atoms with Gasteiger partial charge in [-0.2, -0.15) is 0 Å². The van der Waals surface area contributed by atoms with Crippen molar-refractivity contribution >= 4 is 5.97 Å².